The van der Waals surface area contributed by atoms with Crippen LogP contribution in [0, 0.1) is 6.92 Å². The number of nitrogens with zero attached hydrogens (tertiary/aromatic N) is 2. The molecule has 1 fully saturated rings. The van der Waals surface area contributed by atoms with Gasteiger partial charge in [0.05, 0.1) is 32.5 Å². The van der Waals surface area contributed by atoms with Crippen molar-refractivity contribution in [3.63, 3.8) is 0 Å². The highest BCUT2D eigenvalue weighted by molar-refractivity contribution is 6.01. The number of methoxy groups -OCH3 is 3. The average Bonchev–Trinajstić information content (AvgIpc) is 2.84. The predicted molar refractivity (Wildman–Crippen MR) is 131 cm³/mol. The fourth-order valence-corrected chi connectivity index (χ4v) is 4.19. The van der Waals surface area contributed by atoms with Crippen LogP contribution in [0.1, 0.15) is 24.8 Å². The number of carbonyl (C=O) groups excluding carboxylic acids is 1. The van der Waals surface area contributed by atoms with Gasteiger partial charge in [0.15, 0.2) is 11.5 Å². The largest absolute Gasteiger partial charge is 0.493 e. The Balaban J connectivity index is 1.52. The van der Waals surface area contributed by atoms with Crippen molar-refractivity contribution in [3.05, 3.63) is 42.0 Å². The minimum Gasteiger partial charge on any atom is -0.493 e. The van der Waals surface area contributed by atoms with Crippen LogP contribution in [0.25, 0.3) is 10.9 Å². The maximum absolute atomic E-state index is 12.7. The molecule has 8 heteroatoms. The van der Waals surface area contributed by atoms with Crippen LogP contribution in [0.4, 0.5) is 22.0 Å². The Labute approximate surface area is 193 Å². The number of amides is 2. The van der Waals surface area contributed by atoms with Gasteiger partial charge < -0.3 is 29.7 Å². The highest BCUT2D eigenvalue weighted by atomic mass is 16.5. The van der Waals surface area contributed by atoms with E-state index in [4.69, 9.17) is 19.2 Å². The molecule has 0 spiro atoms. The zero-order valence-electron chi connectivity index (χ0n) is 19.5. The summed E-state index contributed by atoms with van der Waals surface area (Å²) >= 11 is 0. The number of nitrogens with one attached hydrogen (secondary N) is 2. The third-order valence-corrected chi connectivity index (χ3v) is 5.86. The van der Waals surface area contributed by atoms with E-state index in [1.54, 1.807) is 12.1 Å². The molecule has 0 saturated carbocycles. The van der Waals surface area contributed by atoms with Gasteiger partial charge in [0, 0.05) is 36.3 Å². The smallest absolute Gasteiger partial charge is 0.323 e. The van der Waals surface area contributed by atoms with Crippen molar-refractivity contribution in [2.45, 2.75) is 26.2 Å². The minimum atomic E-state index is -0.376. The van der Waals surface area contributed by atoms with Gasteiger partial charge in [-0.2, -0.15) is 0 Å². The van der Waals surface area contributed by atoms with Crippen LogP contribution in [-0.2, 0) is 0 Å². The van der Waals surface area contributed by atoms with Crippen molar-refractivity contribution < 1.29 is 19.0 Å². The van der Waals surface area contributed by atoms with Gasteiger partial charge in [-0.1, -0.05) is 0 Å². The summed E-state index contributed by atoms with van der Waals surface area (Å²) in [6, 6.07) is 10.9. The van der Waals surface area contributed by atoms with Crippen LogP contribution in [0.5, 0.6) is 17.2 Å². The Morgan fingerprint density at radius 2 is 1.55 bits per heavy atom. The zero-order chi connectivity index (χ0) is 23.4. The lowest BCUT2D eigenvalue weighted by atomic mass is 10.1. The molecule has 0 atom stereocenters. The predicted octanol–water partition coefficient (Wildman–Crippen LogP) is 5.20. The van der Waals surface area contributed by atoms with Crippen molar-refractivity contribution in [1.29, 1.82) is 0 Å². The van der Waals surface area contributed by atoms with E-state index in [1.807, 2.05) is 18.2 Å². The Morgan fingerprint density at radius 1 is 0.879 bits per heavy atom. The van der Waals surface area contributed by atoms with Crippen molar-refractivity contribution in [3.8, 4) is 17.2 Å². The van der Waals surface area contributed by atoms with E-state index in [0.717, 1.165) is 35.4 Å². The van der Waals surface area contributed by atoms with Gasteiger partial charge in [-0.05, 0) is 56.0 Å². The second-order valence-electron chi connectivity index (χ2n) is 8.07. The van der Waals surface area contributed by atoms with Gasteiger partial charge in [0.25, 0.3) is 0 Å². The van der Waals surface area contributed by atoms with Crippen molar-refractivity contribution in [2.24, 2.45) is 0 Å². The average molecular weight is 451 g/mol. The van der Waals surface area contributed by atoms with Crippen LogP contribution in [0.15, 0.2) is 36.4 Å². The first-order valence-corrected chi connectivity index (χ1v) is 11.1. The molecule has 0 bridgehead atoms. The normalized spacial score (nSPS) is 13.5. The molecule has 2 amide bonds. The summed E-state index contributed by atoms with van der Waals surface area (Å²) in [6.07, 6.45) is 3.71. The summed E-state index contributed by atoms with van der Waals surface area (Å²) in [7, 11) is 4.60. The maximum Gasteiger partial charge on any atom is 0.323 e. The molecule has 0 radical (unpaired) electrons. The molecule has 2 aromatic carbocycles. The lowest BCUT2D eigenvalue weighted by Crippen LogP contribution is -2.30. The molecule has 2 N–H and O–H groups in total. The first-order valence-electron chi connectivity index (χ1n) is 11.1. The number of carbonyl (C=O) groups is 1. The molecule has 8 nitrogen and oxygen atoms in total. The summed E-state index contributed by atoms with van der Waals surface area (Å²) in [4.78, 5) is 19.9. The van der Waals surface area contributed by atoms with E-state index >= 15 is 0 Å². The molecule has 174 valence electrons. The van der Waals surface area contributed by atoms with Gasteiger partial charge in [-0.3, -0.25) is 0 Å². The van der Waals surface area contributed by atoms with Crippen LogP contribution >= 0.6 is 0 Å². The summed E-state index contributed by atoms with van der Waals surface area (Å²) in [5.41, 5.74) is 3.26. The lowest BCUT2D eigenvalue weighted by Gasteiger charge is -2.28. The summed E-state index contributed by atoms with van der Waals surface area (Å²) in [5, 5.41) is 6.72. The number of urea groups is 1. The Morgan fingerprint density at radius 3 is 2.18 bits per heavy atom. The van der Waals surface area contributed by atoms with E-state index in [2.05, 4.69) is 28.5 Å². The molecule has 0 aliphatic carbocycles. The molecule has 3 aromatic rings. The number of pyridine rings is 1. The fraction of sp³-hybridized carbons (Fsp3) is 0.360. The monoisotopic (exact) mass is 450 g/mol. The third-order valence-electron chi connectivity index (χ3n) is 5.86. The van der Waals surface area contributed by atoms with Gasteiger partial charge >= 0.3 is 6.03 Å². The van der Waals surface area contributed by atoms with Crippen molar-refractivity contribution in [2.75, 3.05) is 50.0 Å². The molecule has 1 aliphatic heterocycles. The van der Waals surface area contributed by atoms with Crippen LogP contribution in [0.3, 0.4) is 0 Å². The molecule has 1 aliphatic rings. The summed E-state index contributed by atoms with van der Waals surface area (Å²) in [6.45, 7) is 4.19. The third kappa shape index (κ3) is 4.89. The summed E-state index contributed by atoms with van der Waals surface area (Å²) in [5.74, 6) is 2.42. The van der Waals surface area contributed by atoms with Gasteiger partial charge in [-0.25, -0.2) is 9.78 Å². The minimum absolute atomic E-state index is 0.376. The number of aromatic nitrogens is 1. The van der Waals surface area contributed by atoms with Crippen LogP contribution in [-0.4, -0.2) is 45.4 Å². The van der Waals surface area contributed by atoms with Crippen molar-refractivity contribution >= 4 is 34.1 Å². The first-order chi connectivity index (χ1) is 16.0. The number of hydrogen-bond donors (Lipinski definition) is 2. The van der Waals surface area contributed by atoms with Gasteiger partial charge in [0.2, 0.25) is 5.75 Å². The Bertz CT molecular complexity index is 1130. The molecular formula is C25H30N4O4. The molecule has 0 unspecified atom stereocenters. The standard InChI is InChI=1S/C25H30N4O4/c1-16-12-23(29-10-6-5-7-11-29)28-20-9-8-17(13-19(16)20)26-25(30)27-18-14-21(31-2)24(33-4)22(15-18)32-3/h8-9,12-15H,5-7,10-11H2,1-4H3,(H2,26,27,30). The highest BCUT2D eigenvalue weighted by Crippen LogP contribution is 2.40. The van der Waals surface area contributed by atoms with E-state index in [-0.39, 0.29) is 6.03 Å². The Hall–Kier alpha value is -3.68. The number of anilines is 3. The van der Waals surface area contributed by atoms with Crippen LogP contribution in [0.2, 0.25) is 0 Å². The number of fused-ring (bicyclic) bond motifs is 1. The highest BCUT2D eigenvalue weighted by Gasteiger charge is 2.16. The van der Waals surface area contributed by atoms with Gasteiger partial charge in [-0.15, -0.1) is 0 Å². The number of piperidine rings is 1. The SMILES string of the molecule is COc1cc(NC(=O)Nc2ccc3nc(N4CCCCC4)cc(C)c3c2)cc(OC)c1OC. The summed E-state index contributed by atoms with van der Waals surface area (Å²) < 4.78 is 16.0. The maximum atomic E-state index is 12.7. The molecule has 2 heterocycles. The topological polar surface area (TPSA) is 85.0 Å². The molecule has 1 saturated heterocycles. The fourth-order valence-electron chi connectivity index (χ4n) is 4.19. The molecular weight excluding hydrogens is 420 g/mol. The van der Waals surface area contributed by atoms with Crippen molar-refractivity contribution in [1.82, 2.24) is 4.98 Å². The quantitative estimate of drug-likeness (QED) is 0.537. The zero-order valence-corrected chi connectivity index (χ0v) is 19.5. The van der Waals surface area contributed by atoms with E-state index in [1.165, 1.54) is 40.6 Å². The molecule has 4 rings (SSSR count). The lowest BCUT2D eigenvalue weighted by molar-refractivity contribution is 0.262. The first kappa shape index (κ1) is 22.5. The van der Waals surface area contributed by atoms with E-state index in [9.17, 15) is 4.79 Å². The second-order valence-corrected chi connectivity index (χ2v) is 8.07. The number of hydrogen-bond acceptors (Lipinski definition) is 6. The van der Waals surface area contributed by atoms with E-state index in [0.29, 0.717) is 28.6 Å². The van der Waals surface area contributed by atoms with Crippen LogP contribution < -0.4 is 29.7 Å². The number of ether oxygens (including phenoxy) is 3. The molecule has 1 aromatic heterocycles. The number of benzene rings is 2. The number of rotatable bonds is 6. The van der Waals surface area contributed by atoms with E-state index < -0.39 is 0 Å². The van der Waals surface area contributed by atoms with Gasteiger partial charge in [0.1, 0.15) is 5.82 Å². The molecule has 33 heavy (non-hydrogen) atoms. The second kappa shape index (κ2) is 9.85. The number of aryl methyl sites for hydroxylation is 1. The Kier molecular flexibility index (Phi) is 6.72.